The van der Waals surface area contributed by atoms with Crippen molar-refractivity contribution in [3.63, 3.8) is 0 Å². The van der Waals surface area contributed by atoms with Crippen LogP contribution in [0, 0.1) is 18.3 Å². The van der Waals surface area contributed by atoms with E-state index in [4.69, 9.17) is 15.8 Å². The third kappa shape index (κ3) is 3.67. The maximum atomic E-state index is 11.9. The third-order valence-corrected chi connectivity index (χ3v) is 7.27. The van der Waals surface area contributed by atoms with E-state index in [1.165, 1.54) is 4.31 Å². The van der Waals surface area contributed by atoms with Crippen LogP contribution in [0.3, 0.4) is 0 Å². The maximum Gasteiger partial charge on any atom is 0.211 e. The molecule has 0 bridgehead atoms. The number of rotatable bonds is 5. The summed E-state index contributed by atoms with van der Waals surface area (Å²) in [5, 5.41) is 14.9. The summed E-state index contributed by atoms with van der Waals surface area (Å²) in [7, 11) is -3.34. The molecule has 0 amide bonds. The van der Waals surface area contributed by atoms with Gasteiger partial charge in [0.15, 0.2) is 0 Å². The molecule has 0 aromatic carbocycles. The molecule has 1 saturated heterocycles. The summed E-state index contributed by atoms with van der Waals surface area (Å²) in [6.07, 6.45) is 4.78. The Morgan fingerprint density at radius 2 is 1.97 bits per heavy atom. The quantitative estimate of drug-likeness (QED) is 0.464. The van der Waals surface area contributed by atoms with Crippen molar-refractivity contribution in [2.45, 2.75) is 18.9 Å². The number of nitrogen functional groups attached to an aromatic ring is 1. The van der Waals surface area contributed by atoms with Crippen LogP contribution in [-0.4, -0.2) is 56.8 Å². The van der Waals surface area contributed by atoms with Crippen molar-refractivity contribution in [3.8, 4) is 28.7 Å². The van der Waals surface area contributed by atoms with Gasteiger partial charge < -0.3 is 5.73 Å². The summed E-state index contributed by atoms with van der Waals surface area (Å²) in [6.45, 7) is 2.26. The number of sulfonamides is 1. The molecular weight excluding hydrogens is 452 g/mol. The third-order valence-electron chi connectivity index (χ3n) is 6.08. The van der Waals surface area contributed by atoms with Gasteiger partial charge in [0, 0.05) is 42.1 Å². The molecule has 10 nitrogen and oxygen atoms in total. The Kier molecular flexibility index (Phi) is 5.07. The van der Waals surface area contributed by atoms with E-state index in [1.807, 2.05) is 43.3 Å². The first-order chi connectivity index (χ1) is 16.2. The number of nitrogens with zero attached hydrogens (tertiary/aromatic N) is 7. The average Bonchev–Trinajstić information content (AvgIpc) is 3.24. The van der Waals surface area contributed by atoms with Gasteiger partial charge in [-0.3, -0.25) is 9.67 Å². The molecule has 1 aliphatic heterocycles. The smallest absolute Gasteiger partial charge is 0.211 e. The first kappa shape index (κ1) is 21.9. The molecule has 5 rings (SSSR count). The minimum absolute atomic E-state index is 0.140. The highest BCUT2D eigenvalue weighted by molar-refractivity contribution is 7.88. The fourth-order valence-corrected chi connectivity index (χ4v) is 5.20. The molecule has 172 valence electrons. The second-order valence-corrected chi connectivity index (χ2v) is 10.5. The second kappa shape index (κ2) is 7.86. The Morgan fingerprint density at radius 3 is 2.68 bits per heavy atom. The van der Waals surface area contributed by atoms with Crippen LogP contribution in [0.4, 0.5) is 5.82 Å². The number of anilines is 1. The zero-order chi connectivity index (χ0) is 24.1. The predicted octanol–water partition coefficient (Wildman–Crippen LogP) is 2.33. The molecule has 4 aromatic rings. The van der Waals surface area contributed by atoms with Crippen LogP contribution < -0.4 is 5.73 Å². The van der Waals surface area contributed by atoms with Crippen LogP contribution in [0.5, 0.6) is 0 Å². The molecule has 5 heterocycles. The fraction of sp³-hybridized carbons (Fsp3) is 0.261. The van der Waals surface area contributed by atoms with Crippen molar-refractivity contribution >= 4 is 26.7 Å². The van der Waals surface area contributed by atoms with Crippen LogP contribution in [0.25, 0.3) is 33.5 Å². The molecule has 0 aliphatic carbocycles. The van der Waals surface area contributed by atoms with Crippen LogP contribution >= 0.6 is 0 Å². The minimum Gasteiger partial charge on any atom is -0.383 e. The molecule has 1 fully saturated rings. The summed E-state index contributed by atoms with van der Waals surface area (Å²) < 4.78 is 26.9. The lowest BCUT2D eigenvalue weighted by Gasteiger charge is -2.47. The van der Waals surface area contributed by atoms with Crippen molar-refractivity contribution in [2.75, 3.05) is 25.1 Å². The summed E-state index contributed by atoms with van der Waals surface area (Å²) in [5.74, 6) is 0.377. The van der Waals surface area contributed by atoms with E-state index in [0.29, 0.717) is 28.5 Å². The normalized spacial score (nSPS) is 15.7. The molecule has 0 saturated carbocycles. The standard InChI is InChI=1S/C23H22N8O2S/c1-15-5-6-17(22(25)27-15)20-12-19-16(4-3-10-26-19)21(28-20)18-7-11-31(29-18)23(8-9-24)13-30(14-23)34(2,32)33/h3-7,10-12H,8,13-14H2,1-2H3,(H2,25,27). The predicted molar refractivity (Wildman–Crippen MR) is 128 cm³/mol. The Bertz CT molecular complexity index is 1570. The highest BCUT2D eigenvalue weighted by Crippen LogP contribution is 2.36. The molecule has 0 unspecified atom stereocenters. The molecular formula is C23H22N8O2S. The zero-order valence-electron chi connectivity index (χ0n) is 18.7. The van der Waals surface area contributed by atoms with Gasteiger partial charge in [0.1, 0.15) is 22.7 Å². The summed E-state index contributed by atoms with van der Waals surface area (Å²) in [6, 6.07) is 13.4. The number of aromatic nitrogens is 5. The summed E-state index contributed by atoms with van der Waals surface area (Å²) >= 11 is 0. The van der Waals surface area contributed by atoms with Gasteiger partial charge in [-0.2, -0.15) is 14.7 Å². The molecule has 1 aliphatic rings. The van der Waals surface area contributed by atoms with Crippen LogP contribution in [-0.2, 0) is 15.6 Å². The van der Waals surface area contributed by atoms with E-state index in [9.17, 15) is 13.7 Å². The van der Waals surface area contributed by atoms with E-state index < -0.39 is 15.6 Å². The van der Waals surface area contributed by atoms with Crippen LogP contribution in [0.2, 0.25) is 0 Å². The Balaban J connectivity index is 1.61. The second-order valence-electron chi connectivity index (χ2n) is 8.55. The minimum atomic E-state index is -3.34. The maximum absolute atomic E-state index is 11.9. The largest absolute Gasteiger partial charge is 0.383 e. The number of pyridine rings is 3. The molecule has 0 spiro atoms. The lowest BCUT2D eigenvalue weighted by Crippen LogP contribution is -2.63. The molecule has 0 radical (unpaired) electrons. The zero-order valence-corrected chi connectivity index (χ0v) is 19.5. The first-order valence-electron chi connectivity index (χ1n) is 10.6. The van der Waals surface area contributed by atoms with Gasteiger partial charge in [0.05, 0.1) is 30.0 Å². The number of hydrogen-bond donors (Lipinski definition) is 1. The first-order valence-corrected chi connectivity index (χ1v) is 12.4. The van der Waals surface area contributed by atoms with Gasteiger partial charge in [-0.1, -0.05) is 0 Å². The monoisotopic (exact) mass is 474 g/mol. The van der Waals surface area contributed by atoms with E-state index in [-0.39, 0.29) is 19.5 Å². The van der Waals surface area contributed by atoms with Gasteiger partial charge in [0.25, 0.3) is 0 Å². The SMILES string of the molecule is Cc1ccc(-c2cc3ncccc3c(-c3ccn(C4(CC#N)CN(S(C)(=O)=O)C4)n3)n2)c(N)n1. The van der Waals surface area contributed by atoms with Crippen LogP contribution in [0.1, 0.15) is 12.1 Å². The fourth-order valence-electron chi connectivity index (χ4n) is 4.25. The molecule has 11 heteroatoms. The van der Waals surface area contributed by atoms with Gasteiger partial charge in [-0.25, -0.2) is 18.4 Å². The van der Waals surface area contributed by atoms with Gasteiger partial charge >= 0.3 is 0 Å². The van der Waals surface area contributed by atoms with Gasteiger partial charge in [-0.15, -0.1) is 0 Å². The van der Waals surface area contributed by atoms with E-state index in [2.05, 4.69) is 16.0 Å². The van der Waals surface area contributed by atoms with Gasteiger partial charge in [0.2, 0.25) is 10.0 Å². The van der Waals surface area contributed by atoms with Crippen molar-refractivity contribution in [3.05, 3.63) is 54.5 Å². The van der Waals surface area contributed by atoms with E-state index in [1.54, 1.807) is 17.1 Å². The lowest BCUT2D eigenvalue weighted by molar-refractivity contribution is 0.0726. The molecule has 4 aromatic heterocycles. The van der Waals surface area contributed by atoms with Crippen molar-refractivity contribution in [2.24, 2.45) is 0 Å². The Hall–Kier alpha value is -3.88. The number of aryl methyl sites for hydroxylation is 1. The molecule has 2 N–H and O–H groups in total. The molecule has 34 heavy (non-hydrogen) atoms. The number of nitriles is 1. The average molecular weight is 475 g/mol. The summed E-state index contributed by atoms with van der Waals surface area (Å²) in [4.78, 5) is 13.7. The lowest BCUT2D eigenvalue weighted by atomic mass is 9.89. The number of nitrogens with two attached hydrogens (primary N) is 1. The highest BCUT2D eigenvalue weighted by Gasteiger charge is 2.49. The molecule has 0 atom stereocenters. The van der Waals surface area contributed by atoms with Crippen molar-refractivity contribution in [1.82, 2.24) is 29.0 Å². The Labute approximate surface area is 196 Å². The van der Waals surface area contributed by atoms with E-state index in [0.717, 1.165) is 22.9 Å². The Morgan fingerprint density at radius 1 is 1.18 bits per heavy atom. The number of fused-ring (bicyclic) bond motifs is 1. The topological polar surface area (TPSA) is 144 Å². The highest BCUT2D eigenvalue weighted by atomic mass is 32.2. The summed E-state index contributed by atoms with van der Waals surface area (Å²) in [5.41, 5.74) is 9.54. The van der Waals surface area contributed by atoms with Crippen molar-refractivity contribution < 1.29 is 8.42 Å². The van der Waals surface area contributed by atoms with Gasteiger partial charge in [-0.05, 0) is 43.3 Å². The van der Waals surface area contributed by atoms with Crippen LogP contribution in [0.15, 0.2) is 48.8 Å². The number of hydrogen-bond acceptors (Lipinski definition) is 8. The van der Waals surface area contributed by atoms with E-state index >= 15 is 0 Å². The van der Waals surface area contributed by atoms with Crippen molar-refractivity contribution in [1.29, 1.82) is 5.26 Å².